The Morgan fingerprint density at radius 1 is 1.03 bits per heavy atom. The van der Waals surface area contributed by atoms with E-state index in [9.17, 15) is 18.8 Å². The minimum Gasteiger partial charge on any atom is -0.366 e. The number of para-hydroxylation sites is 1. The largest absolute Gasteiger partial charge is 0.366 e. The number of anilines is 1. The van der Waals surface area contributed by atoms with E-state index in [-0.39, 0.29) is 11.7 Å². The highest BCUT2D eigenvalue weighted by Crippen LogP contribution is 2.22. The maximum Gasteiger partial charge on any atom is 0.332 e. The summed E-state index contributed by atoms with van der Waals surface area (Å²) in [6, 6.07) is 8.24. The van der Waals surface area contributed by atoms with Crippen LogP contribution in [-0.4, -0.2) is 50.7 Å². The molecule has 0 saturated carbocycles. The molecule has 8 nitrogen and oxygen atoms in total. The van der Waals surface area contributed by atoms with Gasteiger partial charge in [-0.25, -0.2) is 9.18 Å². The Labute approximate surface area is 185 Å². The summed E-state index contributed by atoms with van der Waals surface area (Å²) < 4.78 is 18.4. The van der Waals surface area contributed by atoms with E-state index in [2.05, 4.69) is 0 Å². The standard InChI is InChI=1S/C23H28FN5O3/c1-4-5-10-29-19(15-16-20(29)25(2)23(32)26(3)21(16)30)22(31)28-13-11-27(12-14-28)18-9-7-6-8-17(18)24/h6-9,15H,4-5,10-14H2,1-3H3. The Morgan fingerprint density at radius 3 is 2.38 bits per heavy atom. The molecule has 1 saturated heterocycles. The van der Waals surface area contributed by atoms with Crippen LogP contribution in [0.15, 0.2) is 39.9 Å². The molecule has 3 aromatic rings. The summed E-state index contributed by atoms with van der Waals surface area (Å²) in [5, 5.41) is 0.360. The van der Waals surface area contributed by atoms with Crippen LogP contribution in [0.1, 0.15) is 30.3 Å². The minimum atomic E-state index is -0.421. The highest BCUT2D eigenvalue weighted by Gasteiger charge is 2.28. The number of unbranched alkanes of at least 4 members (excludes halogenated alkanes) is 1. The van der Waals surface area contributed by atoms with Gasteiger partial charge in [-0.05, 0) is 24.6 Å². The molecule has 1 aromatic carbocycles. The fourth-order valence-electron chi connectivity index (χ4n) is 4.38. The number of aromatic nitrogens is 3. The number of amides is 1. The van der Waals surface area contributed by atoms with Crippen LogP contribution in [0.4, 0.5) is 10.1 Å². The summed E-state index contributed by atoms with van der Waals surface area (Å²) >= 11 is 0. The molecule has 1 aliphatic rings. The van der Waals surface area contributed by atoms with Crippen molar-refractivity contribution in [2.75, 3.05) is 31.1 Å². The van der Waals surface area contributed by atoms with Crippen molar-refractivity contribution >= 4 is 22.6 Å². The summed E-state index contributed by atoms with van der Waals surface area (Å²) in [6.45, 7) is 4.51. The molecule has 0 bridgehead atoms. The fourth-order valence-corrected chi connectivity index (χ4v) is 4.38. The Balaban J connectivity index is 1.67. The van der Waals surface area contributed by atoms with Crippen LogP contribution in [0.2, 0.25) is 0 Å². The molecule has 0 atom stereocenters. The molecule has 1 amide bonds. The van der Waals surface area contributed by atoms with E-state index in [1.54, 1.807) is 40.8 Å². The second kappa shape index (κ2) is 8.64. The highest BCUT2D eigenvalue weighted by atomic mass is 19.1. The van der Waals surface area contributed by atoms with Gasteiger partial charge < -0.3 is 14.4 Å². The first kappa shape index (κ1) is 21.9. The smallest absolute Gasteiger partial charge is 0.332 e. The molecule has 0 aliphatic carbocycles. The van der Waals surface area contributed by atoms with Crippen LogP contribution in [0.5, 0.6) is 0 Å². The molecule has 1 aliphatic heterocycles. The van der Waals surface area contributed by atoms with Gasteiger partial charge >= 0.3 is 5.69 Å². The number of nitrogens with zero attached hydrogens (tertiary/aromatic N) is 5. The van der Waals surface area contributed by atoms with Crippen molar-refractivity contribution in [2.45, 2.75) is 26.3 Å². The lowest BCUT2D eigenvalue weighted by molar-refractivity contribution is 0.0736. The maximum absolute atomic E-state index is 14.1. The summed E-state index contributed by atoms with van der Waals surface area (Å²) in [4.78, 5) is 42.4. The molecule has 0 N–H and O–H groups in total. The van der Waals surface area contributed by atoms with Gasteiger partial charge in [-0.1, -0.05) is 25.5 Å². The Hall–Kier alpha value is -3.36. The first-order valence-electron chi connectivity index (χ1n) is 10.9. The predicted octanol–water partition coefficient (Wildman–Crippen LogP) is 1.94. The van der Waals surface area contributed by atoms with Crippen LogP contribution in [0.25, 0.3) is 11.0 Å². The highest BCUT2D eigenvalue weighted by molar-refractivity contribution is 5.98. The van der Waals surface area contributed by atoms with E-state index in [0.717, 1.165) is 17.4 Å². The van der Waals surface area contributed by atoms with Crippen LogP contribution in [0.3, 0.4) is 0 Å². The molecule has 4 rings (SSSR count). The SMILES string of the molecule is CCCCn1c(C(=O)N2CCN(c3ccccc3F)CC2)cc2c(=O)n(C)c(=O)n(C)c21. The lowest BCUT2D eigenvalue weighted by Crippen LogP contribution is -2.49. The van der Waals surface area contributed by atoms with Gasteiger partial charge in [-0.3, -0.25) is 18.7 Å². The maximum atomic E-state index is 14.1. The summed E-state index contributed by atoms with van der Waals surface area (Å²) in [6.07, 6.45) is 1.72. The van der Waals surface area contributed by atoms with Gasteiger partial charge in [0.2, 0.25) is 0 Å². The quantitative estimate of drug-likeness (QED) is 0.607. The average molecular weight is 442 g/mol. The van der Waals surface area contributed by atoms with Crippen LogP contribution in [0, 0.1) is 5.82 Å². The second-order valence-electron chi connectivity index (χ2n) is 8.21. The third-order valence-corrected chi connectivity index (χ3v) is 6.21. The lowest BCUT2D eigenvalue weighted by atomic mass is 10.2. The molecule has 3 heterocycles. The van der Waals surface area contributed by atoms with Crippen molar-refractivity contribution in [3.05, 3.63) is 62.7 Å². The summed E-state index contributed by atoms with van der Waals surface area (Å²) in [5.41, 5.74) is 0.591. The predicted molar refractivity (Wildman–Crippen MR) is 122 cm³/mol. The molecule has 32 heavy (non-hydrogen) atoms. The van der Waals surface area contributed by atoms with Gasteiger partial charge in [0.05, 0.1) is 11.1 Å². The van der Waals surface area contributed by atoms with Crippen molar-refractivity contribution in [1.29, 1.82) is 0 Å². The van der Waals surface area contributed by atoms with Crippen molar-refractivity contribution in [2.24, 2.45) is 14.1 Å². The molecule has 0 spiro atoms. The number of aryl methyl sites for hydroxylation is 2. The number of halogens is 1. The zero-order chi connectivity index (χ0) is 23.0. The van der Waals surface area contributed by atoms with Gasteiger partial charge in [0.25, 0.3) is 11.5 Å². The molecular weight excluding hydrogens is 413 g/mol. The van der Waals surface area contributed by atoms with Crippen molar-refractivity contribution < 1.29 is 9.18 Å². The molecule has 170 valence electrons. The summed E-state index contributed by atoms with van der Waals surface area (Å²) in [7, 11) is 3.06. The molecule has 9 heteroatoms. The molecular formula is C23H28FN5O3. The number of piperazine rings is 1. The third kappa shape index (κ3) is 3.61. The van der Waals surface area contributed by atoms with E-state index in [1.807, 2.05) is 11.8 Å². The van der Waals surface area contributed by atoms with E-state index < -0.39 is 11.2 Å². The molecule has 0 radical (unpaired) electrons. The Kier molecular flexibility index (Phi) is 5.90. The van der Waals surface area contributed by atoms with E-state index >= 15 is 0 Å². The fraction of sp³-hybridized carbons (Fsp3) is 0.435. The number of hydrogen-bond acceptors (Lipinski definition) is 4. The average Bonchev–Trinajstić information content (AvgIpc) is 3.19. The number of fused-ring (bicyclic) bond motifs is 1. The zero-order valence-electron chi connectivity index (χ0n) is 18.7. The first-order valence-corrected chi connectivity index (χ1v) is 10.9. The topological polar surface area (TPSA) is 72.5 Å². The molecule has 2 aromatic heterocycles. The van der Waals surface area contributed by atoms with Crippen LogP contribution < -0.4 is 16.1 Å². The number of carbonyl (C=O) groups is 1. The van der Waals surface area contributed by atoms with Gasteiger partial charge in [0, 0.05) is 46.8 Å². The van der Waals surface area contributed by atoms with Gasteiger partial charge in [0.15, 0.2) is 0 Å². The van der Waals surface area contributed by atoms with E-state index in [4.69, 9.17) is 0 Å². The monoisotopic (exact) mass is 441 g/mol. The van der Waals surface area contributed by atoms with Crippen molar-refractivity contribution in [3.8, 4) is 0 Å². The van der Waals surface area contributed by atoms with Crippen LogP contribution >= 0.6 is 0 Å². The number of benzene rings is 1. The van der Waals surface area contributed by atoms with Gasteiger partial charge in [-0.2, -0.15) is 0 Å². The zero-order valence-corrected chi connectivity index (χ0v) is 18.7. The minimum absolute atomic E-state index is 0.181. The third-order valence-electron chi connectivity index (χ3n) is 6.21. The summed E-state index contributed by atoms with van der Waals surface area (Å²) in [5.74, 6) is -0.455. The van der Waals surface area contributed by atoms with E-state index in [0.29, 0.717) is 55.1 Å². The number of hydrogen-bond donors (Lipinski definition) is 0. The number of rotatable bonds is 5. The molecule has 0 unspecified atom stereocenters. The van der Waals surface area contributed by atoms with Gasteiger partial charge in [-0.15, -0.1) is 0 Å². The molecule has 1 fully saturated rings. The Morgan fingerprint density at radius 2 is 1.72 bits per heavy atom. The normalized spacial score (nSPS) is 14.4. The van der Waals surface area contributed by atoms with Crippen LogP contribution in [-0.2, 0) is 20.6 Å². The lowest BCUT2D eigenvalue weighted by Gasteiger charge is -2.36. The van der Waals surface area contributed by atoms with E-state index in [1.165, 1.54) is 17.7 Å². The van der Waals surface area contributed by atoms with Gasteiger partial charge in [0.1, 0.15) is 17.2 Å². The first-order chi connectivity index (χ1) is 15.3. The number of carbonyl (C=O) groups excluding carboxylic acids is 1. The Bertz CT molecular complexity index is 1280. The van der Waals surface area contributed by atoms with Crippen molar-refractivity contribution in [1.82, 2.24) is 18.6 Å². The second-order valence-corrected chi connectivity index (χ2v) is 8.21. The van der Waals surface area contributed by atoms with Crippen molar-refractivity contribution in [3.63, 3.8) is 0 Å².